The molecule has 10 heteroatoms. The first-order chi connectivity index (χ1) is 14.2. The van der Waals surface area contributed by atoms with Gasteiger partial charge in [0.15, 0.2) is 15.6 Å². The van der Waals surface area contributed by atoms with Crippen LogP contribution in [0.15, 0.2) is 41.3 Å². The molecule has 1 saturated heterocycles. The summed E-state index contributed by atoms with van der Waals surface area (Å²) in [6.45, 7) is 0.526. The Bertz CT molecular complexity index is 1100. The Kier molecular flexibility index (Phi) is 6.23. The van der Waals surface area contributed by atoms with Crippen LogP contribution in [0, 0.1) is 0 Å². The Morgan fingerprint density at radius 1 is 0.967 bits per heavy atom. The number of carbonyl (C=O) groups is 2. The summed E-state index contributed by atoms with van der Waals surface area (Å²) in [6.07, 6.45) is 1.57. The second-order valence-corrected chi connectivity index (χ2v) is 9.03. The standard InChI is InChI=1S/C20H21ClN2O6S/c1-28-15-10-9-14(21)18(29-2)17(15)20(25)23-12-6-11-22(23)19(24)13-7-4-5-8-16(13)30(3,26)27/h4-5,7-10H,6,11-12H2,1-3H3. The van der Waals surface area contributed by atoms with Crippen LogP contribution in [-0.4, -0.2) is 63.8 Å². The van der Waals surface area contributed by atoms with E-state index in [4.69, 9.17) is 21.1 Å². The monoisotopic (exact) mass is 452 g/mol. The third-order valence-corrected chi connectivity index (χ3v) is 6.18. The van der Waals surface area contributed by atoms with Crippen LogP contribution in [0.5, 0.6) is 11.5 Å². The van der Waals surface area contributed by atoms with Crippen molar-refractivity contribution < 1.29 is 27.5 Å². The molecule has 0 aliphatic carbocycles. The summed E-state index contributed by atoms with van der Waals surface area (Å²) in [5.41, 5.74) is 0.0910. The number of halogens is 1. The summed E-state index contributed by atoms with van der Waals surface area (Å²) in [7, 11) is -0.840. The predicted octanol–water partition coefficient (Wildman–Crippen LogP) is 2.66. The molecule has 0 aromatic heterocycles. The van der Waals surface area contributed by atoms with Crippen LogP contribution in [0.25, 0.3) is 0 Å². The fourth-order valence-electron chi connectivity index (χ4n) is 3.38. The van der Waals surface area contributed by atoms with Gasteiger partial charge in [0, 0.05) is 19.3 Å². The van der Waals surface area contributed by atoms with Gasteiger partial charge in [0.05, 0.1) is 29.7 Å². The molecule has 0 bridgehead atoms. The molecule has 1 heterocycles. The molecule has 1 fully saturated rings. The maximum Gasteiger partial charge on any atom is 0.280 e. The number of hydrogen-bond donors (Lipinski definition) is 0. The van der Waals surface area contributed by atoms with Crippen molar-refractivity contribution in [3.05, 3.63) is 52.5 Å². The van der Waals surface area contributed by atoms with E-state index in [0.29, 0.717) is 6.42 Å². The van der Waals surface area contributed by atoms with Crippen molar-refractivity contribution in [2.24, 2.45) is 0 Å². The number of hydrazine groups is 1. The van der Waals surface area contributed by atoms with E-state index in [0.717, 1.165) is 6.26 Å². The van der Waals surface area contributed by atoms with E-state index < -0.39 is 21.7 Å². The molecule has 1 aliphatic rings. The average molecular weight is 453 g/mol. The molecule has 30 heavy (non-hydrogen) atoms. The summed E-state index contributed by atoms with van der Waals surface area (Å²) in [5.74, 6) is -0.732. The van der Waals surface area contributed by atoms with Gasteiger partial charge in [0.2, 0.25) is 0 Å². The van der Waals surface area contributed by atoms with E-state index in [1.54, 1.807) is 24.3 Å². The number of ether oxygens (including phenoxy) is 2. The zero-order valence-corrected chi connectivity index (χ0v) is 18.3. The summed E-state index contributed by atoms with van der Waals surface area (Å²) in [5, 5.41) is 2.73. The van der Waals surface area contributed by atoms with Crippen LogP contribution in [-0.2, 0) is 9.84 Å². The van der Waals surface area contributed by atoms with E-state index in [9.17, 15) is 18.0 Å². The lowest BCUT2D eigenvalue weighted by molar-refractivity contribution is 0.0180. The molecule has 0 radical (unpaired) electrons. The summed E-state index contributed by atoms with van der Waals surface area (Å²) in [6, 6.07) is 9.01. The van der Waals surface area contributed by atoms with Gasteiger partial charge in [-0.05, 0) is 30.7 Å². The number of amides is 2. The van der Waals surface area contributed by atoms with Crippen molar-refractivity contribution in [2.75, 3.05) is 33.6 Å². The lowest BCUT2D eigenvalue weighted by Crippen LogP contribution is -2.45. The molecule has 0 N–H and O–H groups in total. The molecule has 2 aromatic rings. The van der Waals surface area contributed by atoms with Gasteiger partial charge in [0.25, 0.3) is 11.8 Å². The highest BCUT2D eigenvalue weighted by atomic mass is 35.5. The van der Waals surface area contributed by atoms with Crippen molar-refractivity contribution in [3.63, 3.8) is 0 Å². The van der Waals surface area contributed by atoms with Gasteiger partial charge in [0.1, 0.15) is 11.3 Å². The molecule has 0 unspecified atom stereocenters. The fraction of sp³-hybridized carbons (Fsp3) is 0.300. The average Bonchev–Trinajstić information content (AvgIpc) is 3.21. The van der Waals surface area contributed by atoms with E-state index >= 15 is 0 Å². The quantitative estimate of drug-likeness (QED) is 0.692. The topological polar surface area (TPSA) is 93.2 Å². The SMILES string of the molecule is COc1ccc(Cl)c(OC)c1C(=O)N1CCCN1C(=O)c1ccccc1S(C)(=O)=O. The molecule has 160 valence electrons. The number of methoxy groups -OCH3 is 2. The molecular weight excluding hydrogens is 432 g/mol. The smallest absolute Gasteiger partial charge is 0.280 e. The number of nitrogens with zero attached hydrogens (tertiary/aromatic N) is 2. The van der Waals surface area contributed by atoms with Crippen LogP contribution in [0.1, 0.15) is 27.1 Å². The van der Waals surface area contributed by atoms with Crippen molar-refractivity contribution in [3.8, 4) is 11.5 Å². The van der Waals surface area contributed by atoms with Gasteiger partial charge < -0.3 is 9.47 Å². The van der Waals surface area contributed by atoms with Crippen molar-refractivity contribution in [1.82, 2.24) is 10.0 Å². The molecular formula is C20H21ClN2O6S. The zero-order valence-electron chi connectivity index (χ0n) is 16.7. The first-order valence-electron chi connectivity index (χ1n) is 9.04. The second kappa shape index (κ2) is 8.53. The Labute approximate surface area is 179 Å². The first-order valence-corrected chi connectivity index (χ1v) is 11.3. The molecule has 0 saturated carbocycles. The normalized spacial score (nSPS) is 14.0. The molecule has 1 aliphatic heterocycles. The molecule has 2 amide bonds. The third kappa shape index (κ3) is 3.95. The number of rotatable bonds is 5. The predicted molar refractivity (Wildman–Crippen MR) is 111 cm³/mol. The van der Waals surface area contributed by atoms with Crippen molar-refractivity contribution >= 4 is 33.3 Å². The van der Waals surface area contributed by atoms with Gasteiger partial charge in [-0.1, -0.05) is 23.7 Å². The maximum absolute atomic E-state index is 13.4. The largest absolute Gasteiger partial charge is 0.496 e. The van der Waals surface area contributed by atoms with E-state index in [2.05, 4.69) is 0 Å². The Morgan fingerprint density at radius 3 is 2.20 bits per heavy atom. The third-order valence-electron chi connectivity index (χ3n) is 4.73. The van der Waals surface area contributed by atoms with Crippen molar-refractivity contribution in [2.45, 2.75) is 11.3 Å². The van der Waals surface area contributed by atoms with Gasteiger partial charge >= 0.3 is 0 Å². The molecule has 2 aromatic carbocycles. The number of sulfone groups is 1. The second-order valence-electron chi connectivity index (χ2n) is 6.64. The van der Waals surface area contributed by atoms with Gasteiger partial charge in [-0.15, -0.1) is 0 Å². The van der Waals surface area contributed by atoms with Crippen LogP contribution >= 0.6 is 11.6 Å². The van der Waals surface area contributed by atoms with E-state index in [1.807, 2.05) is 0 Å². The Hall–Kier alpha value is -2.78. The lowest BCUT2D eigenvalue weighted by atomic mass is 10.1. The van der Waals surface area contributed by atoms with E-state index in [1.165, 1.54) is 36.4 Å². The van der Waals surface area contributed by atoms with Gasteiger partial charge in [-0.3, -0.25) is 9.59 Å². The number of hydrogen-bond acceptors (Lipinski definition) is 6. The molecule has 0 atom stereocenters. The molecule has 3 rings (SSSR count). The van der Waals surface area contributed by atoms with Crippen LogP contribution in [0.4, 0.5) is 0 Å². The summed E-state index contributed by atoms with van der Waals surface area (Å²) >= 11 is 6.18. The zero-order chi connectivity index (χ0) is 22.1. The van der Waals surface area contributed by atoms with Crippen LogP contribution < -0.4 is 9.47 Å². The minimum atomic E-state index is -3.63. The van der Waals surface area contributed by atoms with Crippen LogP contribution in [0.2, 0.25) is 5.02 Å². The van der Waals surface area contributed by atoms with Crippen molar-refractivity contribution in [1.29, 1.82) is 0 Å². The Morgan fingerprint density at radius 2 is 1.60 bits per heavy atom. The fourth-order valence-corrected chi connectivity index (χ4v) is 4.50. The summed E-state index contributed by atoms with van der Waals surface area (Å²) in [4.78, 5) is 26.5. The minimum Gasteiger partial charge on any atom is -0.496 e. The highest BCUT2D eigenvalue weighted by Crippen LogP contribution is 2.37. The number of benzene rings is 2. The highest BCUT2D eigenvalue weighted by Gasteiger charge is 2.36. The summed E-state index contributed by atoms with van der Waals surface area (Å²) < 4.78 is 34.8. The minimum absolute atomic E-state index is 0.00437. The van der Waals surface area contributed by atoms with E-state index in [-0.39, 0.29) is 45.6 Å². The highest BCUT2D eigenvalue weighted by molar-refractivity contribution is 7.90. The molecule has 8 nitrogen and oxygen atoms in total. The molecule has 0 spiro atoms. The van der Waals surface area contributed by atoms with Gasteiger partial charge in [-0.2, -0.15) is 0 Å². The Balaban J connectivity index is 2.03. The van der Waals surface area contributed by atoms with Gasteiger partial charge in [-0.25, -0.2) is 18.4 Å². The van der Waals surface area contributed by atoms with Crippen LogP contribution in [0.3, 0.4) is 0 Å². The first kappa shape index (κ1) is 21.9. The lowest BCUT2D eigenvalue weighted by Gasteiger charge is -2.29. The number of carbonyl (C=O) groups excluding carboxylic acids is 2. The maximum atomic E-state index is 13.4.